The number of benzene rings is 4. The van der Waals surface area contributed by atoms with Crippen LogP contribution in [0.2, 0.25) is 0 Å². The van der Waals surface area contributed by atoms with Gasteiger partial charge in [0.1, 0.15) is 0 Å². The van der Waals surface area contributed by atoms with E-state index in [9.17, 15) is 21.0 Å². The highest BCUT2D eigenvalue weighted by Gasteiger charge is 2.26. The van der Waals surface area contributed by atoms with Crippen molar-refractivity contribution in [3.63, 3.8) is 0 Å². The predicted molar refractivity (Wildman–Crippen MR) is 219 cm³/mol. The fourth-order valence-corrected chi connectivity index (χ4v) is 7.24. The van der Waals surface area contributed by atoms with Gasteiger partial charge in [-0.1, -0.05) is 36.4 Å². The second kappa shape index (κ2) is 13.8. The highest BCUT2D eigenvalue weighted by Crippen LogP contribution is 2.47. The Morgan fingerprint density at radius 3 is 1.38 bits per heavy atom. The molecule has 9 rings (SSSR count). The van der Waals surface area contributed by atoms with Crippen LogP contribution in [0.25, 0.3) is 85.4 Å². The van der Waals surface area contributed by atoms with Gasteiger partial charge in [0.25, 0.3) is 0 Å². The number of aromatic nitrogens is 4. The highest BCUT2D eigenvalue weighted by molar-refractivity contribution is 6.10. The number of hydrogen-bond donors (Lipinski definition) is 1. The molecule has 0 saturated heterocycles. The van der Waals surface area contributed by atoms with Crippen LogP contribution in [-0.4, -0.2) is 19.5 Å². The lowest BCUT2D eigenvalue weighted by molar-refractivity contribution is 1.17. The first-order valence-electron chi connectivity index (χ1n) is 17.7. The predicted octanol–water partition coefficient (Wildman–Crippen LogP) is 10.6. The SMILES string of the molecule is N#Cc1ccc(-c2c(-c3ccc(C#N)cc3)c3c(-c4ccc(C#N)cc4)c4nc(cc5ccc(cc6nc(cc2n3-c2ccc(C#N)cc2)C=C6)[nH]5)C=C4)cc1. The Kier molecular flexibility index (Phi) is 8.19. The quantitative estimate of drug-likeness (QED) is 0.192. The minimum Gasteiger partial charge on any atom is -0.355 e. The zero-order chi connectivity index (χ0) is 38.2. The van der Waals surface area contributed by atoms with E-state index in [0.717, 1.165) is 78.2 Å². The Bertz CT molecular complexity index is 3130. The lowest BCUT2D eigenvalue weighted by Gasteiger charge is -2.14. The molecule has 0 saturated carbocycles. The van der Waals surface area contributed by atoms with Gasteiger partial charge in [-0.05, 0) is 132 Å². The van der Waals surface area contributed by atoms with E-state index in [4.69, 9.17) is 9.97 Å². The maximum absolute atomic E-state index is 9.81. The Labute approximate surface area is 321 Å². The summed E-state index contributed by atoms with van der Waals surface area (Å²) in [5.74, 6) is 0. The average molecular weight is 715 g/mol. The molecule has 258 valence electrons. The molecule has 3 aromatic heterocycles. The molecule has 0 radical (unpaired) electrons. The first kappa shape index (κ1) is 33.3. The molecule has 2 aliphatic rings. The van der Waals surface area contributed by atoms with Gasteiger partial charge in [-0.25, -0.2) is 9.97 Å². The number of hydrogen-bond acceptors (Lipinski definition) is 6. The Morgan fingerprint density at radius 1 is 0.429 bits per heavy atom. The van der Waals surface area contributed by atoms with Crippen LogP contribution in [0.3, 0.4) is 0 Å². The number of fused-ring (bicyclic) bond motifs is 8. The van der Waals surface area contributed by atoms with Crippen LogP contribution in [-0.2, 0) is 0 Å². The van der Waals surface area contributed by atoms with Crippen LogP contribution >= 0.6 is 0 Å². The van der Waals surface area contributed by atoms with Crippen molar-refractivity contribution in [3.05, 3.63) is 172 Å². The molecule has 1 N–H and O–H groups in total. The molecule has 0 aliphatic carbocycles. The normalized spacial score (nSPS) is 11.4. The van der Waals surface area contributed by atoms with Gasteiger partial charge in [0.2, 0.25) is 0 Å². The second-order valence-corrected chi connectivity index (χ2v) is 13.3. The van der Waals surface area contributed by atoms with Gasteiger partial charge in [-0.15, -0.1) is 0 Å². The first-order chi connectivity index (χ1) is 27.5. The van der Waals surface area contributed by atoms with E-state index in [-0.39, 0.29) is 0 Å². The van der Waals surface area contributed by atoms with Crippen molar-refractivity contribution in [3.8, 4) is 63.3 Å². The van der Waals surface area contributed by atoms with Gasteiger partial charge >= 0.3 is 0 Å². The van der Waals surface area contributed by atoms with Crippen LogP contribution in [0, 0.1) is 45.3 Å². The summed E-state index contributed by atoms with van der Waals surface area (Å²) in [6.07, 6.45) is 7.94. The molecule has 8 heteroatoms. The molecule has 4 aromatic carbocycles. The molecule has 7 aromatic rings. The molecule has 5 heterocycles. The zero-order valence-corrected chi connectivity index (χ0v) is 29.6. The molecule has 2 aliphatic heterocycles. The first-order valence-corrected chi connectivity index (χ1v) is 17.7. The smallest absolute Gasteiger partial charge is 0.0991 e. The van der Waals surface area contributed by atoms with Gasteiger partial charge in [-0.2, -0.15) is 21.0 Å². The number of aromatic amines is 1. The molecule has 8 bridgehead atoms. The summed E-state index contributed by atoms with van der Waals surface area (Å²) >= 11 is 0. The fraction of sp³-hybridized carbons (Fsp3) is 0. The van der Waals surface area contributed by atoms with Crippen LogP contribution in [0.15, 0.2) is 127 Å². The largest absolute Gasteiger partial charge is 0.355 e. The summed E-state index contributed by atoms with van der Waals surface area (Å²) in [6.45, 7) is 0. The van der Waals surface area contributed by atoms with E-state index in [1.165, 1.54) is 0 Å². The highest BCUT2D eigenvalue weighted by atomic mass is 15.0. The minimum absolute atomic E-state index is 0.515. The summed E-state index contributed by atoms with van der Waals surface area (Å²) in [6, 6.07) is 49.0. The lowest BCUT2D eigenvalue weighted by atomic mass is 9.92. The fourth-order valence-electron chi connectivity index (χ4n) is 7.24. The van der Waals surface area contributed by atoms with Crippen molar-refractivity contribution in [1.29, 1.82) is 21.0 Å². The van der Waals surface area contributed by atoms with Crippen molar-refractivity contribution in [2.24, 2.45) is 0 Å². The summed E-state index contributed by atoms with van der Waals surface area (Å²) in [7, 11) is 0. The topological polar surface area (TPSA) is 142 Å². The maximum atomic E-state index is 9.81. The van der Waals surface area contributed by atoms with E-state index >= 15 is 0 Å². The van der Waals surface area contributed by atoms with E-state index in [2.05, 4.69) is 39.9 Å². The van der Waals surface area contributed by atoms with E-state index in [1.54, 1.807) is 48.5 Å². The lowest BCUT2D eigenvalue weighted by Crippen LogP contribution is -1.98. The monoisotopic (exact) mass is 714 g/mol. The molecule has 0 spiro atoms. The van der Waals surface area contributed by atoms with Crippen molar-refractivity contribution in [1.82, 2.24) is 19.5 Å². The second-order valence-electron chi connectivity index (χ2n) is 13.3. The van der Waals surface area contributed by atoms with Gasteiger partial charge in [0.05, 0.1) is 80.3 Å². The van der Waals surface area contributed by atoms with Crippen molar-refractivity contribution in [2.75, 3.05) is 0 Å². The van der Waals surface area contributed by atoms with Gasteiger partial charge in [-0.3, -0.25) is 0 Å². The number of nitriles is 4. The van der Waals surface area contributed by atoms with Crippen molar-refractivity contribution in [2.45, 2.75) is 0 Å². The Morgan fingerprint density at radius 2 is 0.857 bits per heavy atom. The van der Waals surface area contributed by atoms with Gasteiger partial charge in [0.15, 0.2) is 0 Å². The molecular formula is C48H26N8. The Hall–Kier alpha value is -8.56. The number of H-pyrrole nitrogens is 1. The third-order valence-electron chi connectivity index (χ3n) is 9.83. The van der Waals surface area contributed by atoms with E-state index in [1.807, 2.05) is 97.1 Å². The number of rotatable bonds is 4. The van der Waals surface area contributed by atoms with Crippen LogP contribution in [0.5, 0.6) is 0 Å². The summed E-state index contributed by atoms with van der Waals surface area (Å²) in [5, 5.41) is 39.2. The van der Waals surface area contributed by atoms with E-state index in [0.29, 0.717) is 27.9 Å². The van der Waals surface area contributed by atoms with E-state index < -0.39 is 0 Å². The van der Waals surface area contributed by atoms with Crippen LogP contribution in [0.4, 0.5) is 0 Å². The molecule has 0 amide bonds. The Balaban J connectivity index is 1.60. The minimum atomic E-state index is 0.515. The number of nitrogens with zero attached hydrogens (tertiary/aromatic N) is 7. The maximum Gasteiger partial charge on any atom is 0.0991 e. The molecular weight excluding hydrogens is 689 g/mol. The molecule has 0 unspecified atom stereocenters. The summed E-state index contributed by atoms with van der Waals surface area (Å²) in [4.78, 5) is 13.7. The van der Waals surface area contributed by atoms with Crippen LogP contribution < -0.4 is 0 Å². The summed E-state index contributed by atoms with van der Waals surface area (Å²) < 4.78 is 2.17. The zero-order valence-electron chi connectivity index (χ0n) is 29.6. The van der Waals surface area contributed by atoms with Crippen molar-refractivity contribution >= 4 is 46.4 Å². The van der Waals surface area contributed by atoms with Crippen molar-refractivity contribution < 1.29 is 0 Å². The average Bonchev–Trinajstić information content (AvgIpc) is 4.06. The van der Waals surface area contributed by atoms with Gasteiger partial charge < -0.3 is 9.55 Å². The molecule has 0 fully saturated rings. The molecule has 0 atom stereocenters. The molecule has 56 heavy (non-hydrogen) atoms. The van der Waals surface area contributed by atoms with Crippen LogP contribution in [0.1, 0.15) is 45.0 Å². The third-order valence-corrected chi connectivity index (χ3v) is 9.83. The third kappa shape index (κ3) is 5.99. The number of nitrogens with one attached hydrogen (secondary N) is 1. The summed E-state index contributed by atoms with van der Waals surface area (Å²) in [5.41, 5.74) is 14.1. The van der Waals surface area contributed by atoms with Gasteiger partial charge in [0, 0.05) is 33.4 Å². The molecule has 8 nitrogen and oxygen atoms in total. The standard InChI is InChI=1S/C48H26N8/c49-26-30-1-9-34(10-2-30)45-43-22-19-40(55-43)24-39-16-15-37(53-39)23-38-17-18-41(54-38)25-44-46(35-11-3-31(27-50)4-12-35)47(36-13-5-32(28-51)6-14-36)48(45)56(44)42-20-7-33(29-52)8-21-42/h1-25,53H.